The lowest BCUT2D eigenvalue weighted by Crippen LogP contribution is -2.09. The summed E-state index contributed by atoms with van der Waals surface area (Å²) in [6, 6.07) is 12.6. The topological polar surface area (TPSA) is 78.4 Å². The largest absolute Gasteiger partial charge is 0.497 e. The SMILES string of the molecule is COc1ccc(S(=O)(=O)Oc2ccc(-c3csnn3)cc2)cc1. The summed E-state index contributed by atoms with van der Waals surface area (Å²) in [5, 5.41) is 5.76. The Morgan fingerprint density at radius 1 is 0.957 bits per heavy atom. The third-order valence-corrected chi connectivity index (χ3v) is 4.83. The van der Waals surface area contributed by atoms with Gasteiger partial charge in [0.15, 0.2) is 0 Å². The zero-order valence-electron chi connectivity index (χ0n) is 12.0. The Hall–Kier alpha value is -2.45. The molecule has 0 aliphatic heterocycles. The van der Waals surface area contributed by atoms with Gasteiger partial charge in [-0.25, -0.2) is 0 Å². The minimum Gasteiger partial charge on any atom is -0.497 e. The van der Waals surface area contributed by atoms with Crippen molar-refractivity contribution in [2.24, 2.45) is 0 Å². The average molecular weight is 348 g/mol. The fraction of sp³-hybridized carbons (Fsp3) is 0.0667. The van der Waals surface area contributed by atoms with Crippen molar-refractivity contribution in [2.45, 2.75) is 4.90 Å². The Labute approximate surface area is 137 Å². The van der Waals surface area contributed by atoms with E-state index >= 15 is 0 Å². The molecule has 1 aromatic heterocycles. The number of hydrogen-bond donors (Lipinski definition) is 0. The van der Waals surface area contributed by atoms with Gasteiger partial charge < -0.3 is 8.92 Å². The number of ether oxygens (including phenoxy) is 1. The van der Waals surface area contributed by atoms with E-state index in [4.69, 9.17) is 8.92 Å². The molecule has 118 valence electrons. The predicted molar refractivity (Wildman–Crippen MR) is 86.2 cm³/mol. The molecule has 0 saturated heterocycles. The third-order valence-electron chi connectivity index (χ3n) is 3.06. The summed E-state index contributed by atoms with van der Waals surface area (Å²) in [4.78, 5) is 0.0612. The van der Waals surface area contributed by atoms with Crippen LogP contribution in [0, 0.1) is 0 Å². The molecule has 0 fully saturated rings. The standard InChI is InChI=1S/C15H12N2O4S2/c1-20-12-6-8-14(9-7-12)23(18,19)21-13-4-2-11(3-5-13)15-10-22-17-16-15/h2-10H,1H3. The van der Waals surface area contributed by atoms with Gasteiger partial charge in [0.05, 0.1) is 7.11 Å². The zero-order chi connectivity index (χ0) is 16.3. The maximum Gasteiger partial charge on any atom is 0.339 e. The Balaban J connectivity index is 1.79. The van der Waals surface area contributed by atoms with E-state index in [0.717, 1.165) is 11.3 Å². The lowest BCUT2D eigenvalue weighted by Gasteiger charge is -2.08. The van der Waals surface area contributed by atoms with Crippen molar-refractivity contribution in [3.8, 4) is 22.8 Å². The van der Waals surface area contributed by atoms with Crippen molar-refractivity contribution in [1.82, 2.24) is 9.59 Å². The van der Waals surface area contributed by atoms with Gasteiger partial charge in [0.1, 0.15) is 22.1 Å². The first-order valence-corrected chi connectivity index (χ1v) is 8.79. The molecule has 0 saturated carbocycles. The Morgan fingerprint density at radius 3 is 2.17 bits per heavy atom. The molecule has 0 atom stereocenters. The van der Waals surface area contributed by atoms with Crippen LogP contribution in [0.15, 0.2) is 58.8 Å². The fourth-order valence-corrected chi connectivity index (χ4v) is 3.28. The first-order valence-electron chi connectivity index (χ1n) is 6.54. The van der Waals surface area contributed by atoms with Crippen molar-refractivity contribution in [1.29, 1.82) is 0 Å². The highest BCUT2D eigenvalue weighted by Gasteiger charge is 2.16. The van der Waals surface area contributed by atoms with Crippen LogP contribution in [0.5, 0.6) is 11.5 Å². The number of aromatic nitrogens is 2. The van der Waals surface area contributed by atoms with Gasteiger partial charge in [-0.15, -0.1) is 5.10 Å². The summed E-state index contributed by atoms with van der Waals surface area (Å²) < 4.78 is 38.4. The predicted octanol–water partition coefficient (Wildman–Crippen LogP) is 2.98. The van der Waals surface area contributed by atoms with Gasteiger partial charge in [0, 0.05) is 10.9 Å². The molecule has 0 radical (unpaired) electrons. The summed E-state index contributed by atoms with van der Waals surface area (Å²) >= 11 is 1.25. The Morgan fingerprint density at radius 2 is 1.61 bits per heavy atom. The van der Waals surface area contributed by atoms with E-state index < -0.39 is 10.1 Å². The van der Waals surface area contributed by atoms with E-state index in [1.165, 1.54) is 30.8 Å². The van der Waals surface area contributed by atoms with Gasteiger partial charge in [0.2, 0.25) is 0 Å². The van der Waals surface area contributed by atoms with Gasteiger partial charge in [-0.05, 0) is 60.1 Å². The van der Waals surface area contributed by atoms with Crippen molar-refractivity contribution < 1.29 is 17.3 Å². The highest BCUT2D eigenvalue weighted by Crippen LogP contribution is 2.24. The normalized spacial score (nSPS) is 11.2. The van der Waals surface area contributed by atoms with Crippen LogP contribution in [0.4, 0.5) is 0 Å². The molecule has 1 heterocycles. The molecular weight excluding hydrogens is 336 g/mol. The molecule has 6 nitrogen and oxygen atoms in total. The number of rotatable bonds is 5. The Kier molecular flexibility index (Phi) is 4.26. The highest BCUT2D eigenvalue weighted by molar-refractivity contribution is 7.87. The maximum absolute atomic E-state index is 12.2. The minimum atomic E-state index is -3.89. The fourth-order valence-electron chi connectivity index (χ4n) is 1.89. The third kappa shape index (κ3) is 3.49. The molecule has 0 spiro atoms. The van der Waals surface area contributed by atoms with Crippen LogP contribution in [0.2, 0.25) is 0 Å². The first-order chi connectivity index (χ1) is 11.1. The number of benzene rings is 2. The minimum absolute atomic E-state index is 0.0612. The van der Waals surface area contributed by atoms with Crippen LogP contribution < -0.4 is 8.92 Å². The molecule has 0 amide bonds. The van der Waals surface area contributed by atoms with E-state index in [2.05, 4.69) is 9.59 Å². The Bertz CT molecular complexity index is 874. The van der Waals surface area contributed by atoms with Gasteiger partial charge in [-0.3, -0.25) is 0 Å². The van der Waals surface area contributed by atoms with Crippen molar-refractivity contribution in [3.05, 3.63) is 53.9 Å². The lowest BCUT2D eigenvalue weighted by molar-refractivity contribution is 0.414. The molecule has 3 rings (SSSR count). The molecule has 2 aromatic carbocycles. The van der Waals surface area contributed by atoms with Gasteiger partial charge >= 0.3 is 10.1 Å². The molecule has 8 heteroatoms. The van der Waals surface area contributed by atoms with Crippen molar-refractivity contribution in [3.63, 3.8) is 0 Å². The van der Waals surface area contributed by atoms with Crippen molar-refractivity contribution >= 4 is 21.7 Å². The maximum atomic E-state index is 12.2. The summed E-state index contributed by atoms with van der Waals surface area (Å²) in [5.41, 5.74) is 1.58. The van der Waals surface area contributed by atoms with E-state index in [1.807, 2.05) is 5.38 Å². The van der Waals surface area contributed by atoms with E-state index in [0.29, 0.717) is 5.75 Å². The van der Waals surface area contributed by atoms with Crippen LogP contribution in [0.3, 0.4) is 0 Å². The van der Waals surface area contributed by atoms with Gasteiger partial charge in [0.25, 0.3) is 0 Å². The lowest BCUT2D eigenvalue weighted by atomic mass is 10.2. The second kappa shape index (κ2) is 6.35. The van der Waals surface area contributed by atoms with Gasteiger partial charge in [-0.2, -0.15) is 8.42 Å². The van der Waals surface area contributed by atoms with Crippen molar-refractivity contribution in [2.75, 3.05) is 7.11 Å². The highest BCUT2D eigenvalue weighted by atomic mass is 32.2. The molecule has 3 aromatic rings. The summed E-state index contributed by atoms with van der Waals surface area (Å²) in [5.74, 6) is 0.804. The van der Waals surface area contributed by atoms with Crippen LogP contribution in [-0.4, -0.2) is 25.1 Å². The molecule has 0 bridgehead atoms. The number of hydrogen-bond acceptors (Lipinski definition) is 7. The molecule has 0 N–H and O–H groups in total. The first kappa shape index (κ1) is 15.4. The molecule has 0 unspecified atom stereocenters. The summed E-state index contributed by atoms with van der Waals surface area (Å²) in [7, 11) is -2.37. The molecule has 0 aliphatic rings. The number of nitrogens with zero attached hydrogens (tertiary/aromatic N) is 2. The molecule has 23 heavy (non-hydrogen) atoms. The van der Waals surface area contributed by atoms with Crippen LogP contribution in [-0.2, 0) is 10.1 Å². The van der Waals surface area contributed by atoms with Crippen LogP contribution in [0.25, 0.3) is 11.3 Å². The van der Waals surface area contributed by atoms with E-state index in [1.54, 1.807) is 36.4 Å². The summed E-state index contributed by atoms with van der Waals surface area (Å²) in [6.45, 7) is 0. The zero-order valence-corrected chi connectivity index (χ0v) is 13.7. The van der Waals surface area contributed by atoms with E-state index in [9.17, 15) is 8.42 Å². The smallest absolute Gasteiger partial charge is 0.339 e. The van der Waals surface area contributed by atoms with E-state index in [-0.39, 0.29) is 10.6 Å². The second-order valence-corrected chi connectivity index (χ2v) is 6.68. The average Bonchev–Trinajstić information content (AvgIpc) is 3.10. The quantitative estimate of drug-likeness (QED) is 0.660. The van der Waals surface area contributed by atoms with Crippen LogP contribution in [0.1, 0.15) is 0 Å². The number of methoxy groups -OCH3 is 1. The molecular formula is C15H12N2O4S2. The molecule has 0 aliphatic carbocycles. The van der Waals surface area contributed by atoms with Gasteiger partial charge in [-0.1, -0.05) is 4.49 Å². The summed E-state index contributed by atoms with van der Waals surface area (Å²) in [6.07, 6.45) is 0. The van der Waals surface area contributed by atoms with Crippen LogP contribution >= 0.6 is 11.5 Å². The second-order valence-electron chi connectivity index (χ2n) is 4.53. The monoisotopic (exact) mass is 348 g/mol.